The molecule has 30 heavy (non-hydrogen) atoms. The molecule has 9 nitrogen and oxygen atoms in total. The Bertz CT molecular complexity index is 905. The topological polar surface area (TPSA) is 93.5 Å². The normalized spacial score (nSPS) is 17.0. The van der Waals surface area contributed by atoms with Crippen LogP contribution < -0.4 is 4.74 Å². The molecule has 1 saturated heterocycles. The van der Waals surface area contributed by atoms with Gasteiger partial charge in [-0.1, -0.05) is 0 Å². The summed E-state index contributed by atoms with van der Waals surface area (Å²) < 4.78 is 7.63. The summed E-state index contributed by atoms with van der Waals surface area (Å²) in [6.45, 7) is 4.69. The minimum atomic E-state index is 0.121. The summed E-state index contributed by atoms with van der Waals surface area (Å²) in [4.78, 5) is 36.4. The van der Waals surface area contributed by atoms with Gasteiger partial charge in [0.05, 0.1) is 6.20 Å². The van der Waals surface area contributed by atoms with Crippen LogP contribution in [0, 0.1) is 5.92 Å². The fraction of sp³-hybridized carbons (Fsp3) is 0.571. The highest BCUT2D eigenvalue weighted by atomic mass is 16.5. The lowest BCUT2D eigenvalue weighted by atomic mass is 9.92. The Morgan fingerprint density at radius 3 is 2.67 bits per heavy atom. The number of hydrogen-bond acceptors (Lipinski definition) is 6. The Balaban J connectivity index is 1.36. The fourth-order valence-electron chi connectivity index (χ4n) is 4.33. The predicted octanol–water partition coefficient (Wildman–Crippen LogP) is 1.32. The second-order valence-electron chi connectivity index (χ2n) is 8.05. The maximum atomic E-state index is 13.0. The third-order valence-corrected chi connectivity index (χ3v) is 6.10. The first kappa shape index (κ1) is 20.3. The highest BCUT2D eigenvalue weighted by Crippen LogP contribution is 2.26. The molecule has 160 valence electrons. The number of nitrogens with zero attached hydrogens (tertiary/aromatic N) is 6. The summed E-state index contributed by atoms with van der Waals surface area (Å²) in [5, 5.41) is 4.61. The Labute approximate surface area is 176 Å². The minimum Gasteiger partial charge on any atom is -0.470 e. The molecule has 2 aliphatic rings. The van der Waals surface area contributed by atoms with Gasteiger partial charge in [-0.05, 0) is 18.8 Å². The Morgan fingerprint density at radius 2 is 1.97 bits per heavy atom. The van der Waals surface area contributed by atoms with Gasteiger partial charge in [0, 0.05) is 76.6 Å². The monoisotopic (exact) mass is 412 g/mol. The summed E-state index contributed by atoms with van der Waals surface area (Å²) in [6, 6.07) is 0. The van der Waals surface area contributed by atoms with E-state index in [0.29, 0.717) is 37.9 Å². The lowest BCUT2D eigenvalue weighted by molar-refractivity contribution is -0.134. The smallest absolute Gasteiger partial charge is 0.232 e. The zero-order valence-electron chi connectivity index (χ0n) is 17.6. The van der Waals surface area contributed by atoms with Gasteiger partial charge >= 0.3 is 0 Å². The molecule has 0 aromatic carbocycles. The molecule has 1 fully saturated rings. The Kier molecular flexibility index (Phi) is 5.96. The maximum Gasteiger partial charge on any atom is 0.232 e. The zero-order chi connectivity index (χ0) is 21.1. The van der Waals surface area contributed by atoms with E-state index in [9.17, 15) is 9.59 Å². The van der Waals surface area contributed by atoms with Gasteiger partial charge in [0.1, 0.15) is 12.3 Å². The molecule has 0 atom stereocenters. The first-order valence-electron chi connectivity index (χ1n) is 10.5. The highest BCUT2D eigenvalue weighted by Gasteiger charge is 2.29. The average molecular weight is 412 g/mol. The van der Waals surface area contributed by atoms with Gasteiger partial charge < -0.3 is 14.5 Å². The molecule has 2 aromatic heterocycles. The molecule has 0 spiro atoms. The number of fused-ring (bicyclic) bond motifs is 1. The molecule has 4 heterocycles. The van der Waals surface area contributed by atoms with Crippen molar-refractivity contribution in [2.45, 2.75) is 45.8 Å². The average Bonchev–Trinajstić information content (AvgIpc) is 3.08. The van der Waals surface area contributed by atoms with Gasteiger partial charge in [-0.15, -0.1) is 0 Å². The van der Waals surface area contributed by atoms with E-state index < -0.39 is 0 Å². The van der Waals surface area contributed by atoms with Gasteiger partial charge in [0.15, 0.2) is 0 Å². The third-order valence-electron chi connectivity index (χ3n) is 6.10. The molecule has 0 unspecified atom stereocenters. The summed E-state index contributed by atoms with van der Waals surface area (Å²) in [5.74, 6) is 1.11. The second-order valence-corrected chi connectivity index (χ2v) is 8.05. The van der Waals surface area contributed by atoms with Crippen molar-refractivity contribution in [2.75, 3.05) is 19.6 Å². The Morgan fingerprint density at radius 1 is 1.17 bits per heavy atom. The maximum absolute atomic E-state index is 13.0. The standard InChI is InChI=1S/C21H28N6O3/c1-15(28)26-8-3-16(4-9-26)11-21(29)27-10-5-19-17(13-27)18(24-25(19)2)14-30-20-12-22-6-7-23-20/h6-7,12,16H,3-5,8-11,13-14H2,1-2H3. The van der Waals surface area contributed by atoms with Crippen molar-refractivity contribution in [2.24, 2.45) is 13.0 Å². The first-order valence-corrected chi connectivity index (χ1v) is 10.5. The van der Waals surface area contributed by atoms with Crippen molar-refractivity contribution < 1.29 is 14.3 Å². The lowest BCUT2D eigenvalue weighted by Gasteiger charge is -2.33. The van der Waals surface area contributed by atoms with Crippen LogP contribution in [0.4, 0.5) is 0 Å². The van der Waals surface area contributed by atoms with Crippen LogP contribution in [0.1, 0.15) is 43.1 Å². The molecular formula is C21H28N6O3. The van der Waals surface area contributed by atoms with E-state index in [4.69, 9.17) is 4.74 Å². The number of carbonyl (C=O) groups is 2. The van der Waals surface area contributed by atoms with E-state index in [1.165, 1.54) is 0 Å². The number of likely N-dealkylation sites (tertiary alicyclic amines) is 1. The minimum absolute atomic E-state index is 0.121. The molecule has 2 aromatic rings. The van der Waals surface area contributed by atoms with Crippen LogP contribution in [0.5, 0.6) is 5.88 Å². The second kappa shape index (κ2) is 8.81. The van der Waals surface area contributed by atoms with Gasteiger partial charge in [-0.25, -0.2) is 4.98 Å². The largest absolute Gasteiger partial charge is 0.470 e. The summed E-state index contributed by atoms with van der Waals surface area (Å²) in [6.07, 6.45) is 7.89. The highest BCUT2D eigenvalue weighted by molar-refractivity contribution is 5.77. The van der Waals surface area contributed by atoms with E-state index in [-0.39, 0.29) is 11.8 Å². The third kappa shape index (κ3) is 4.44. The van der Waals surface area contributed by atoms with Gasteiger partial charge in [-0.2, -0.15) is 5.10 Å². The Hall–Kier alpha value is -2.97. The zero-order valence-corrected chi connectivity index (χ0v) is 17.6. The van der Waals surface area contributed by atoms with Crippen molar-refractivity contribution in [3.63, 3.8) is 0 Å². The van der Waals surface area contributed by atoms with E-state index in [1.54, 1.807) is 25.5 Å². The molecule has 0 aliphatic carbocycles. The lowest BCUT2D eigenvalue weighted by Crippen LogP contribution is -2.40. The molecule has 2 amide bonds. The van der Waals surface area contributed by atoms with Crippen molar-refractivity contribution in [3.05, 3.63) is 35.5 Å². The number of aromatic nitrogens is 4. The summed E-state index contributed by atoms with van der Waals surface area (Å²) in [7, 11) is 1.94. The fourth-order valence-corrected chi connectivity index (χ4v) is 4.33. The van der Waals surface area contributed by atoms with Crippen molar-refractivity contribution in [1.29, 1.82) is 0 Å². The SMILES string of the molecule is CC(=O)N1CCC(CC(=O)N2CCc3c(c(COc4cnccn4)nn3C)C2)CC1. The van der Waals surface area contributed by atoms with Gasteiger partial charge in [0.2, 0.25) is 17.7 Å². The predicted molar refractivity (Wildman–Crippen MR) is 108 cm³/mol. The number of hydrogen-bond donors (Lipinski definition) is 0. The molecule has 0 N–H and O–H groups in total. The summed E-state index contributed by atoms with van der Waals surface area (Å²) >= 11 is 0. The molecule has 4 rings (SSSR count). The van der Waals surface area contributed by atoms with Crippen LogP contribution in [0.2, 0.25) is 0 Å². The van der Waals surface area contributed by atoms with Crippen molar-refractivity contribution >= 4 is 11.8 Å². The van der Waals surface area contributed by atoms with E-state index in [0.717, 1.165) is 49.3 Å². The van der Waals surface area contributed by atoms with Crippen molar-refractivity contribution in [3.8, 4) is 5.88 Å². The number of carbonyl (C=O) groups excluding carboxylic acids is 2. The number of piperidine rings is 1. The van der Waals surface area contributed by atoms with Gasteiger partial charge in [0.25, 0.3) is 0 Å². The molecule has 0 bridgehead atoms. The number of rotatable bonds is 5. The van der Waals surface area contributed by atoms with E-state index in [1.807, 2.05) is 21.5 Å². The van der Waals surface area contributed by atoms with Crippen LogP contribution >= 0.6 is 0 Å². The van der Waals surface area contributed by atoms with E-state index >= 15 is 0 Å². The molecular weight excluding hydrogens is 384 g/mol. The number of aryl methyl sites for hydroxylation is 1. The molecule has 0 radical (unpaired) electrons. The molecule has 2 aliphatic heterocycles. The first-order chi connectivity index (χ1) is 14.5. The van der Waals surface area contributed by atoms with Crippen LogP contribution in [0.15, 0.2) is 18.6 Å². The number of amides is 2. The van der Waals surface area contributed by atoms with Crippen LogP contribution in [0.25, 0.3) is 0 Å². The van der Waals surface area contributed by atoms with Crippen LogP contribution in [-0.2, 0) is 36.2 Å². The molecule has 9 heteroatoms. The van der Waals surface area contributed by atoms with Crippen molar-refractivity contribution in [1.82, 2.24) is 29.5 Å². The summed E-state index contributed by atoms with van der Waals surface area (Å²) in [5.41, 5.74) is 3.07. The van der Waals surface area contributed by atoms with Gasteiger partial charge in [-0.3, -0.25) is 19.3 Å². The number of ether oxygens (including phenoxy) is 1. The van der Waals surface area contributed by atoms with Crippen LogP contribution in [0.3, 0.4) is 0 Å². The molecule has 0 saturated carbocycles. The quantitative estimate of drug-likeness (QED) is 0.735. The van der Waals surface area contributed by atoms with Crippen LogP contribution in [-0.4, -0.2) is 61.0 Å². The van der Waals surface area contributed by atoms with E-state index in [2.05, 4.69) is 15.1 Å².